The topological polar surface area (TPSA) is 68.0 Å². The molecule has 0 spiro atoms. The Morgan fingerprint density at radius 3 is 2.56 bits per heavy atom. The van der Waals surface area contributed by atoms with Crippen LogP contribution < -0.4 is 5.32 Å². The van der Waals surface area contributed by atoms with Crippen molar-refractivity contribution in [2.45, 2.75) is 30.7 Å². The zero-order chi connectivity index (χ0) is 17.6. The second kappa shape index (κ2) is 7.98. The van der Waals surface area contributed by atoms with E-state index in [1.807, 2.05) is 68.4 Å². The van der Waals surface area contributed by atoms with Gasteiger partial charge in [-0.3, -0.25) is 4.79 Å². The molecule has 2 aromatic carbocycles. The van der Waals surface area contributed by atoms with Crippen molar-refractivity contribution < 1.29 is 9.21 Å². The van der Waals surface area contributed by atoms with Crippen molar-refractivity contribution in [1.29, 1.82) is 0 Å². The van der Waals surface area contributed by atoms with Gasteiger partial charge >= 0.3 is 0 Å². The molecule has 1 heterocycles. The van der Waals surface area contributed by atoms with Crippen molar-refractivity contribution in [2.75, 3.05) is 5.32 Å². The third kappa shape index (κ3) is 4.93. The predicted octanol–water partition coefficient (Wildman–Crippen LogP) is 4.09. The van der Waals surface area contributed by atoms with Crippen LogP contribution in [0.25, 0.3) is 0 Å². The van der Waals surface area contributed by atoms with Crippen LogP contribution in [0.3, 0.4) is 0 Å². The molecule has 3 aromatic rings. The van der Waals surface area contributed by atoms with Gasteiger partial charge in [0, 0.05) is 5.69 Å². The average Bonchev–Trinajstić information content (AvgIpc) is 3.04. The van der Waals surface area contributed by atoms with E-state index in [4.69, 9.17) is 4.42 Å². The van der Waals surface area contributed by atoms with Crippen LogP contribution in [-0.4, -0.2) is 21.4 Å². The lowest BCUT2D eigenvalue weighted by atomic mass is 10.2. The summed E-state index contributed by atoms with van der Waals surface area (Å²) in [6.07, 6.45) is 0.582. The van der Waals surface area contributed by atoms with Crippen LogP contribution in [-0.2, 0) is 11.2 Å². The maximum atomic E-state index is 12.3. The summed E-state index contributed by atoms with van der Waals surface area (Å²) in [5.74, 6) is 0.441. The second-order valence-corrected chi connectivity index (χ2v) is 7.03. The lowest BCUT2D eigenvalue weighted by Crippen LogP contribution is -2.22. The summed E-state index contributed by atoms with van der Waals surface area (Å²) < 4.78 is 5.64. The molecule has 0 aliphatic heterocycles. The van der Waals surface area contributed by atoms with Gasteiger partial charge in [-0.05, 0) is 31.5 Å². The molecular weight excluding hydrogens is 334 g/mol. The first-order valence-corrected chi connectivity index (χ1v) is 8.88. The summed E-state index contributed by atoms with van der Waals surface area (Å²) in [5.41, 5.74) is 3.03. The molecule has 1 aromatic heterocycles. The first-order valence-electron chi connectivity index (χ1n) is 8.00. The minimum absolute atomic E-state index is 0.100. The van der Waals surface area contributed by atoms with Gasteiger partial charge in [0.1, 0.15) is 0 Å². The normalized spacial score (nSPS) is 11.9. The van der Waals surface area contributed by atoms with Crippen LogP contribution >= 0.6 is 11.8 Å². The zero-order valence-electron chi connectivity index (χ0n) is 14.1. The minimum atomic E-state index is -0.341. The average molecular weight is 353 g/mol. The Balaban J connectivity index is 1.56. The van der Waals surface area contributed by atoms with Crippen molar-refractivity contribution in [3.8, 4) is 0 Å². The monoisotopic (exact) mass is 353 g/mol. The first kappa shape index (κ1) is 17.2. The van der Waals surface area contributed by atoms with Gasteiger partial charge in [0.2, 0.25) is 11.8 Å². The summed E-state index contributed by atoms with van der Waals surface area (Å²) in [6, 6.07) is 17.6. The Bertz CT molecular complexity index is 831. The number of nitrogens with one attached hydrogen (secondary N) is 1. The highest BCUT2D eigenvalue weighted by Gasteiger charge is 2.18. The third-order valence-corrected chi connectivity index (χ3v) is 4.55. The quantitative estimate of drug-likeness (QED) is 0.676. The van der Waals surface area contributed by atoms with Gasteiger partial charge in [-0.2, -0.15) is 0 Å². The molecular formula is C19H19N3O2S. The highest BCUT2D eigenvalue weighted by Crippen LogP contribution is 2.23. The molecule has 5 nitrogen and oxygen atoms in total. The minimum Gasteiger partial charge on any atom is -0.416 e. The molecule has 0 unspecified atom stereocenters. The molecule has 0 saturated heterocycles. The van der Waals surface area contributed by atoms with E-state index in [0.29, 0.717) is 17.5 Å². The third-order valence-electron chi connectivity index (χ3n) is 3.61. The molecule has 3 rings (SSSR count). The van der Waals surface area contributed by atoms with Gasteiger partial charge in [-0.1, -0.05) is 59.8 Å². The Morgan fingerprint density at radius 1 is 1.12 bits per heavy atom. The summed E-state index contributed by atoms with van der Waals surface area (Å²) in [5, 5.41) is 11.0. The van der Waals surface area contributed by atoms with E-state index >= 15 is 0 Å². The summed E-state index contributed by atoms with van der Waals surface area (Å²) >= 11 is 1.25. The standard InChI is InChI=1S/C19H19N3O2S/c1-13-8-10-16(11-9-13)20-18(23)14(2)25-19-22-21-17(24-19)12-15-6-4-3-5-7-15/h3-11,14H,12H2,1-2H3,(H,20,23)/t14-/m0/s1. The summed E-state index contributed by atoms with van der Waals surface area (Å²) in [7, 11) is 0. The molecule has 0 aliphatic rings. The van der Waals surface area contributed by atoms with E-state index in [1.54, 1.807) is 0 Å². The maximum absolute atomic E-state index is 12.3. The molecule has 0 saturated carbocycles. The zero-order valence-corrected chi connectivity index (χ0v) is 14.9. The Hall–Kier alpha value is -2.60. The molecule has 25 heavy (non-hydrogen) atoms. The number of aromatic nitrogens is 2. The largest absolute Gasteiger partial charge is 0.416 e. The lowest BCUT2D eigenvalue weighted by molar-refractivity contribution is -0.115. The number of hydrogen-bond acceptors (Lipinski definition) is 5. The number of thioether (sulfide) groups is 1. The van der Waals surface area contributed by atoms with Crippen LogP contribution in [0, 0.1) is 6.92 Å². The van der Waals surface area contributed by atoms with Gasteiger partial charge in [-0.25, -0.2) is 0 Å². The van der Waals surface area contributed by atoms with E-state index in [-0.39, 0.29) is 11.2 Å². The van der Waals surface area contributed by atoms with E-state index in [1.165, 1.54) is 11.8 Å². The molecule has 1 amide bonds. The van der Waals surface area contributed by atoms with E-state index in [2.05, 4.69) is 15.5 Å². The Labute approximate surface area is 150 Å². The van der Waals surface area contributed by atoms with Crippen molar-refractivity contribution in [3.05, 3.63) is 71.6 Å². The maximum Gasteiger partial charge on any atom is 0.277 e. The number of rotatable bonds is 6. The van der Waals surface area contributed by atoms with Gasteiger partial charge in [0.15, 0.2) is 0 Å². The summed E-state index contributed by atoms with van der Waals surface area (Å²) in [4.78, 5) is 12.3. The van der Waals surface area contributed by atoms with Crippen molar-refractivity contribution >= 4 is 23.4 Å². The molecule has 1 atom stereocenters. The molecule has 128 valence electrons. The number of hydrogen-bond donors (Lipinski definition) is 1. The number of benzene rings is 2. The van der Waals surface area contributed by atoms with Crippen LogP contribution in [0.1, 0.15) is 23.9 Å². The van der Waals surface area contributed by atoms with Crippen molar-refractivity contribution in [2.24, 2.45) is 0 Å². The van der Waals surface area contributed by atoms with Crippen LogP contribution in [0.2, 0.25) is 0 Å². The van der Waals surface area contributed by atoms with E-state index in [9.17, 15) is 4.79 Å². The SMILES string of the molecule is Cc1ccc(NC(=O)[C@H](C)Sc2nnc(Cc3ccccc3)o2)cc1. The van der Waals surface area contributed by atoms with Crippen molar-refractivity contribution in [3.63, 3.8) is 0 Å². The lowest BCUT2D eigenvalue weighted by Gasteiger charge is -2.10. The number of carbonyl (C=O) groups excluding carboxylic acids is 1. The Kier molecular flexibility index (Phi) is 5.50. The molecule has 0 radical (unpaired) electrons. The number of aryl methyl sites for hydroxylation is 1. The fourth-order valence-electron chi connectivity index (χ4n) is 2.21. The number of amides is 1. The highest BCUT2D eigenvalue weighted by molar-refractivity contribution is 8.00. The van der Waals surface area contributed by atoms with Gasteiger partial charge in [0.25, 0.3) is 5.22 Å². The first-order chi connectivity index (χ1) is 12.1. The second-order valence-electron chi connectivity index (χ2n) is 5.74. The van der Waals surface area contributed by atoms with Crippen LogP contribution in [0.4, 0.5) is 5.69 Å². The summed E-state index contributed by atoms with van der Waals surface area (Å²) in [6.45, 7) is 3.82. The van der Waals surface area contributed by atoms with Gasteiger partial charge in [-0.15, -0.1) is 10.2 Å². The van der Waals surface area contributed by atoms with E-state index < -0.39 is 0 Å². The van der Waals surface area contributed by atoms with Gasteiger partial charge in [0.05, 0.1) is 11.7 Å². The van der Waals surface area contributed by atoms with Crippen LogP contribution in [0.15, 0.2) is 64.2 Å². The smallest absolute Gasteiger partial charge is 0.277 e. The molecule has 0 fully saturated rings. The Morgan fingerprint density at radius 2 is 1.84 bits per heavy atom. The molecule has 0 aliphatic carbocycles. The number of carbonyl (C=O) groups is 1. The number of nitrogens with zero attached hydrogens (tertiary/aromatic N) is 2. The molecule has 6 heteroatoms. The van der Waals surface area contributed by atoms with E-state index in [0.717, 1.165) is 16.8 Å². The predicted molar refractivity (Wildman–Crippen MR) is 98.7 cm³/mol. The van der Waals surface area contributed by atoms with Crippen LogP contribution in [0.5, 0.6) is 0 Å². The highest BCUT2D eigenvalue weighted by atomic mass is 32.2. The van der Waals surface area contributed by atoms with Gasteiger partial charge < -0.3 is 9.73 Å². The fourth-order valence-corrected chi connectivity index (χ4v) is 2.91. The fraction of sp³-hybridized carbons (Fsp3) is 0.211. The number of anilines is 1. The molecule has 1 N–H and O–H groups in total. The van der Waals surface area contributed by atoms with Crippen molar-refractivity contribution in [1.82, 2.24) is 10.2 Å². The molecule has 0 bridgehead atoms.